The normalized spacial score (nSPS) is 13.2. The predicted molar refractivity (Wildman–Crippen MR) is 138 cm³/mol. The van der Waals surface area contributed by atoms with Crippen LogP contribution >= 0.6 is 0 Å². The van der Waals surface area contributed by atoms with Gasteiger partial charge in [0.2, 0.25) is 5.91 Å². The van der Waals surface area contributed by atoms with Gasteiger partial charge in [0.15, 0.2) is 0 Å². The summed E-state index contributed by atoms with van der Waals surface area (Å²) >= 11 is 0. The number of hydrogen-bond donors (Lipinski definition) is 2. The molecule has 0 saturated heterocycles. The Morgan fingerprint density at radius 1 is 1.08 bits per heavy atom. The van der Waals surface area contributed by atoms with Gasteiger partial charge in [-0.15, -0.1) is 0 Å². The summed E-state index contributed by atoms with van der Waals surface area (Å²) in [4.78, 5) is 16.7. The van der Waals surface area contributed by atoms with E-state index in [1.807, 2.05) is 6.92 Å². The van der Waals surface area contributed by atoms with Crippen LogP contribution in [0.5, 0.6) is 5.75 Å². The van der Waals surface area contributed by atoms with E-state index in [2.05, 4.69) is 15.0 Å². The van der Waals surface area contributed by atoms with Crippen molar-refractivity contribution in [3.63, 3.8) is 0 Å². The van der Waals surface area contributed by atoms with Gasteiger partial charge in [-0.25, -0.2) is 18.3 Å². The van der Waals surface area contributed by atoms with Gasteiger partial charge in [-0.1, -0.05) is 18.2 Å². The summed E-state index contributed by atoms with van der Waals surface area (Å²) in [5.41, 5.74) is 1.36. The minimum absolute atomic E-state index is 0.0739. The zero-order valence-corrected chi connectivity index (χ0v) is 22.2. The van der Waals surface area contributed by atoms with Crippen LogP contribution in [0.2, 0.25) is 0 Å². The Bertz CT molecular complexity index is 1330. The molecule has 0 bridgehead atoms. The number of benzene rings is 2. The Morgan fingerprint density at radius 3 is 2.39 bits per heavy atom. The average molecular weight is 552 g/mol. The number of aromatic nitrogens is 1. The van der Waals surface area contributed by atoms with E-state index in [0.29, 0.717) is 34.6 Å². The van der Waals surface area contributed by atoms with E-state index in [1.165, 1.54) is 24.5 Å². The number of halogens is 4. The molecule has 3 rings (SSSR count). The number of rotatable bonds is 10. The molecule has 0 fully saturated rings. The number of carbonyl (C=O) groups is 1. The highest BCUT2D eigenvalue weighted by molar-refractivity contribution is 7.82. The van der Waals surface area contributed by atoms with Crippen molar-refractivity contribution in [2.75, 3.05) is 12.9 Å². The first-order valence-electron chi connectivity index (χ1n) is 11.8. The first kappa shape index (κ1) is 29.2. The van der Waals surface area contributed by atoms with Crippen LogP contribution in [-0.2, 0) is 35.0 Å². The summed E-state index contributed by atoms with van der Waals surface area (Å²) in [6.45, 7) is 5.66. The van der Waals surface area contributed by atoms with Crippen molar-refractivity contribution in [3.8, 4) is 17.0 Å². The third-order valence-corrected chi connectivity index (χ3v) is 6.46. The van der Waals surface area contributed by atoms with Crippen LogP contribution in [0.1, 0.15) is 47.7 Å². The van der Waals surface area contributed by atoms with E-state index in [0.717, 1.165) is 11.6 Å². The van der Waals surface area contributed by atoms with Crippen LogP contribution in [0.3, 0.4) is 0 Å². The SMILES string of the molecule is CCOc1ccc(-c2nc(C(F)(F)F)ccc2CNC(=O)C(C)c2ccc(CNS(C)=O)c(F)c2)cc1C. The van der Waals surface area contributed by atoms with Crippen LogP contribution in [0.15, 0.2) is 48.5 Å². The minimum atomic E-state index is -4.64. The van der Waals surface area contributed by atoms with Gasteiger partial charge in [-0.05, 0) is 67.8 Å². The van der Waals surface area contributed by atoms with E-state index >= 15 is 0 Å². The standard InChI is InChI=1S/C27H29F4N3O3S/c1-5-37-23-10-8-19(12-16(23)2)25-21(9-11-24(34-25)27(29,30)31)14-32-26(35)17(3)18-6-7-20(22(28)13-18)15-33-38(4)36/h6-13,17,33H,5,14-15H2,1-4H3,(H,32,35). The molecule has 0 spiro atoms. The topological polar surface area (TPSA) is 80.3 Å². The van der Waals surface area contributed by atoms with Crippen LogP contribution < -0.4 is 14.8 Å². The fourth-order valence-electron chi connectivity index (χ4n) is 3.80. The fraction of sp³-hybridized carbons (Fsp3) is 0.333. The number of carbonyl (C=O) groups excluding carboxylic acids is 1. The van der Waals surface area contributed by atoms with Gasteiger partial charge in [-0.2, -0.15) is 13.2 Å². The van der Waals surface area contributed by atoms with E-state index in [-0.39, 0.29) is 18.8 Å². The van der Waals surface area contributed by atoms with Crippen molar-refractivity contribution < 1.29 is 31.3 Å². The molecule has 0 saturated carbocycles. The van der Waals surface area contributed by atoms with Gasteiger partial charge >= 0.3 is 6.18 Å². The third kappa shape index (κ3) is 7.38. The smallest absolute Gasteiger partial charge is 0.433 e. The van der Waals surface area contributed by atoms with Crippen LogP contribution in [0.25, 0.3) is 11.3 Å². The number of ether oxygens (including phenoxy) is 1. The van der Waals surface area contributed by atoms with Crippen LogP contribution in [0.4, 0.5) is 17.6 Å². The molecule has 1 heterocycles. The number of pyridine rings is 1. The molecule has 0 aliphatic rings. The van der Waals surface area contributed by atoms with Gasteiger partial charge in [0.05, 0.1) is 29.2 Å². The van der Waals surface area contributed by atoms with Gasteiger partial charge in [-0.3, -0.25) is 4.79 Å². The first-order chi connectivity index (χ1) is 17.9. The second-order valence-corrected chi connectivity index (χ2v) is 9.88. The van der Waals surface area contributed by atoms with Gasteiger partial charge in [0, 0.05) is 30.5 Å². The summed E-state index contributed by atoms with van der Waals surface area (Å²) < 4.78 is 74.0. The van der Waals surface area contributed by atoms with Gasteiger partial charge in [0.25, 0.3) is 0 Å². The molecule has 0 aliphatic carbocycles. The number of amides is 1. The van der Waals surface area contributed by atoms with Crippen molar-refractivity contribution >= 4 is 16.9 Å². The van der Waals surface area contributed by atoms with Crippen molar-refractivity contribution in [3.05, 3.63) is 82.3 Å². The molecule has 0 radical (unpaired) electrons. The molecule has 1 aromatic heterocycles. The highest BCUT2D eigenvalue weighted by Gasteiger charge is 2.33. The fourth-order valence-corrected chi connectivity index (χ4v) is 4.15. The third-order valence-electron chi connectivity index (χ3n) is 5.91. The molecular weight excluding hydrogens is 522 g/mol. The summed E-state index contributed by atoms with van der Waals surface area (Å²) in [6, 6.07) is 11.5. The lowest BCUT2D eigenvalue weighted by Crippen LogP contribution is -2.28. The first-order valence-corrected chi connectivity index (χ1v) is 13.4. The van der Waals surface area contributed by atoms with E-state index in [1.54, 1.807) is 38.1 Å². The molecule has 2 unspecified atom stereocenters. The number of nitrogens with one attached hydrogen (secondary N) is 2. The van der Waals surface area contributed by atoms with Gasteiger partial charge in [0.1, 0.15) is 17.3 Å². The van der Waals surface area contributed by atoms with Crippen LogP contribution in [-0.4, -0.2) is 28.0 Å². The minimum Gasteiger partial charge on any atom is -0.494 e. The molecule has 1 amide bonds. The molecule has 38 heavy (non-hydrogen) atoms. The summed E-state index contributed by atoms with van der Waals surface area (Å²) in [6.07, 6.45) is -3.20. The molecule has 204 valence electrons. The molecule has 2 aromatic carbocycles. The maximum absolute atomic E-state index is 14.5. The lowest BCUT2D eigenvalue weighted by Gasteiger charge is -2.17. The van der Waals surface area contributed by atoms with E-state index in [9.17, 15) is 26.6 Å². The van der Waals surface area contributed by atoms with E-state index in [4.69, 9.17) is 4.74 Å². The second kappa shape index (κ2) is 12.5. The Balaban J connectivity index is 1.82. The predicted octanol–water partition coefficient (Wildman–Crippen LogP) is 5.42. The Hall–Kier alpha value is -3.31. The second-order valence-electron chi connectivity index (χ2n) is 8.68. The number of hydrogen-bond acceptors (Lipinski definition) is 4. The molecule has 0 aliphatic heterocycles. The van der Waals surface area contributed by atoms with E-state index < -0.39 is 40.5 Å². The summed E-state index contributed by atoms with van der Waals surface area (Å²) in [5, 5.41) is 2.73. The molecule has 2 N–H and O–H groups in total. The zero-order chi connectivity index (χ0) is 28.0. The number of alkyl halides is 3. The molecule has 3 aromatic rings. The zero-order valence-electron chi connectivity index (χ0n) is 21.4. The van der Waals surface area contributed by atoms with Crippen molar-refractivity contribution in [2.45, 2.75) is 46.0 Å². The largest absolute Gasteiger partial charge is 0.494 e. The monoisotopic (exact) mass is 551 g/mol. The van der Waals surface area contributed by atoms with Crippen molar-refractivity contribution in [1.29, 1.82) is 0 Å². The molecular formula is C27H29F4N3O3S. The maximum Gasteiger partial charge on any atom is 0.433 e. The summed E-state index contributed by atoms with van der Waals surface area (Å²) in [5.74, 6) is -1.09. The number of nitrogens with zero attached hydrogens (tertiary/aromatic N) is 1. The highest BCUT2D eigenvalue weighted by atomic mass is 32.2. The number of aryl methyl sites for hydroxylation is 1. The van der Waals surface area contributed by atoms with Crippen molar-refractivity contribution in [1.82, 2.24) is 15.0 Å². The average Bonchev–Trinajstić information content (AvgIpc) is 2.86. The maximum atomic E-state index is 14.5. The molecule has 6 nitrogen and oxygen atoms in total. The highest BCUT2D eigenvalue weighted by Crippen LogP contribution is 2.33. The van der Waals surface area contributed by atoms with Gasteiger partial charge < -0.3 is 10.1 Å². The lowest BCUT2D eigenvalue weighted by molar-refractivity contribution is -0.141. The van der Waals surface area contributed by atoms with Crippen LogP contribution in [0, 0.1) is 12.7 Å². The molecule has 11 heteroatoms. The Kier molecular flexibility index (Phi) is 9.61. The molecule has 2 atom stereocenters. The Morgan fingerprint density at radius 2 is 1.79 bits per heavy atom. The summed E-state index contributed by atoms with van der Waals surface area (Å²) in [7, 11) is -1.30. The Labute approximate surface area is 221 Å². The lowest BCUT2D eigenvalue weighted by atomic mass is 9.98. The quantitative estimate of drug-likeness (QED) is 0.330. The van der Waals surface area contributed by atoms with Crippen molar-refractivity contribution in [2.24, 2.45) is 0 Å².